The van der Waals surface area contributed by atoms with Gasteiger partial charge in [-0.25, -0.2) is 14.6 Å². The molecule has 2 aromatic heterocycles. The maximum atomic E-state index is 12.1. The van der Waals surface area contributed by atoms with E-state index in [4.69, 9.17) is 18.9 Å². The van der Waals surface area contributed by atoms with Gasteiger partial charge in [0.05, 0.1) is 48.7 Å². The molecular weight excluding hydrogens is 428 g/mol. The summed E-state index contributed by atoms with van der Waals surface area (Å²) in [5, 5.41) is 0.779. The zero-order chi connectivity index (χ0) is 22.5. The first kappa shape index (κ1) is 21.7. The number of hydrogen-bond donors (Lipinski definition) is 0. The third-order valence-corrected chi connectivity index (χ3v) is 5.88. The maximum Gasteiger partial charge on any atom is 0.338 e. The predicted molar refractivity (Wildman–Crippen MR) is 121 cm³/mol. The van der Waals surface area contributed by atoms with Crippen molar-refractivity contribution in [2.75, 3.05) is 13.7 Å². The molecule has 2 aromatic carbocycles. The van der Waals surface area contributed by atoms with Crippen molar-refractivity contribution >= 4 is 34.7 Å². The van der Waals surface area contributed by atoms with Crippen molar-refractivity contribution in [1.29, 1.82) is 0 Å². The molecule has 4 rings (SSSR count). The minimum Gasteiger partial charge on any atom is -0.467 e. The van der Waals surface area contributed by atoms with Gasteiger partial charge in [-0.2, -0.15) is 0 Å². The molecule has 0 aliphatic carbocycles. The fraction of sp³-hybridized carbons (Fsp3) is 0.208. The first-order chi connectivity index (χ1) is 15.6. The van der Waals surface area contributed by atoms with E-state index in [1.807, 2.05) is 36.4 Å². The lowest BCUT2D eigenvalue weighted by Crippen LogP contribution is -2.04. The maximum absolute atomic E-state index is 12.1. The third-order valence-electron chi connectivity index (χ3n) is 4.83. The number of carbonyl (C=O) groups excluding carboxylic acids is 2. The molecule has 0 N–H and O–H groups in total. The summed E-state index contributed by atoms with van der Waals surface area (Å²) >= 11 is 1.54. The van der Waals surface area contributed by atoms with Crippen LogP contribution < -0.4 is 0 Å². The van der Waals surface area contributed by atoms with Crippen molar-refractivity contribution in [2.45, 2.75) is 24.4 Å². The van der Waals surface area contributed by atoms with E-state index in [2.05, 4.69) is 4.57 Å². The molecule has 0 amide bonds. The van der Waals surface area contributed by atoms with E-state index in [0.29, 0.717) is 35.5 Å². The van der Waals surface area contributed by atoms with Crippen LogP contribution in [-0.4, -0.2) is 35.2 Å². The third kappa shape index (κ3) is 4.70. The summed E-state index contributed by atoms with van der Waals surface area (Å²) in [6.07, 6.45) is 1.64. The molecule has 0 aliphatic heterocycles. The molecule has 4 aromatic rings. The van der Waals surface area contributed by atoms with E-state index in [9.17, 15) is 9.59 Å². The summed E-state index contributed by atoms with van der Waals surface area (Å²) in [6.45, 7) is 2.60. The quantitative estimate of drug-likeness (QED) is 0.278. The normalized spacial score (nSPS) is 10.9. The number of imidazole rings is 1. The largest absolute Gasteiger partial charge is 0.467 e. The Labute approximate surface area is 189 Å². The number of aromatic nitrogens is 2. The highest BCUT2D eigenvalue weighted by molar-refractivity contribution is 7.98. The van der Waals surface area contributed by atoms with E-state index in [1.54, 1.807) is 43.1 Å². The highest BCUT2D eigenvalue weighted by Crippen LogP contribution is 2.29. The molecule has 0 atom stereocenters. The van der Waals surface area contributed by atoms with Gasteiger partial charge in [0, 0.05) is 5.75 Å². The number of fused-ring (bicyclic) bond motifs is 1. The Morgan fingerprint density at radius 1 is 1.06 bits per heavy atom. The van der Waals surface area contributed by atoms with Gasteiger partial charge in [-0.05, 0) is 55.0 Å². The molecule has 0 saturated carbocycles. The number of nitrogens with zero attached hydrogens (tertiary/aromatic N) is 2. The Balaban J connectivity index is 1.65. The van der Waals surface area contributed by atoms with Gasteiger partial charge in [-0.3, -0.25) is 0 Å². The highest BCUT2D eigenvalue weighted by Gasteiger charge is 2.16. The van der Waals surface area contributed by atoms with Crippen LogP contribution in [0.2, 0.25) is 0 Å². The number of esters is 2. The van der Waals surface area contributed by atoms with Crippen LogP contribution in [0.1, 0.15) is 39.0 Å². The summed E-state index contributed by atoms with van der Waals surface area (Å²) < 4.78 is 17.5. The van der Waals surface area contributed by atoms with E-state index in [-0.39, 0.29) is 11.9 Å². The molecule has 2 heterocycles. The average molecular weight is 451 g/mol. The van der Waals surface area contributed by atoms with Gasteiger partial charge in [-0.1, -0.05) is 23.9 Å². The van der Waals surface area contributed by atoms with Crippen LogP contribution in [0.4, 0.5) is 0 Å². The first-order valence-corrected chi connectivity index (χ1v) is 11.1. The second-order valence-electron chi connectivity index (χ2n) is 6.96. The fourth-order valence-electron chi connectivity index (χ4n) is 3.32. The van der Waals surface area contributed by atoms with Crippen LogP contribution in [-0.2, 0) is 21.8 Å². The zero-order valence-electron chi connectivity index (χ0n) is 17.7. The second-order valence-corrected chi connectivity index (χ2v) is 7.91. The Morgan fingerprint density at radius 3 is 2.66 bits per heavy atom. The number of ether oxygens (including phenoxy) is 2. The van der Waals surface area contributed by atoms with Gasteiger partial charge in [0.1, 0.15) is 5.76 Å². The lowest BCUT2D eigenvalue weighted by molar-refractivity contribution is 0.0525. The minimum absolute atomic E-state index is 0.315. The van der Waals surface area contributed by atoms with Crippen LogP contribution >= 0.6 is 11.8 Å². The molecule has 32 heavy (non-hydrogen) atoms. The van der Waals surface area contributed by atoms with Crippen molar-refractivity contribution in [1.82, 2.24) is 9.55 Å². The number of thioether (sulfide) groups is 1. The minimum atomic E-state index is -0.371. The van der Waals surface area contributed by atoms with Gasteiger partial charge in [0.2, 0.25) is 0 Å². The fourth-order valence-corrected chi connectivity index (χ4v) is 4.28. The Morgan fingerprint density at radius 2 is 1.91 bits per heavy atom. The number of carbonyl (C=O) groups is 2. The summed E-state index contributed by atoms with van der Waals surface area (Å²) in [7, 11) is 1.37. The number of benzene rings is 2. The van der Waals surface area contributed by atoms with Gasteiger partial charge < -0.3 is 18.5 Å². The molecule has 0 fully saturated rings. The predicted octanol–water partition coefficient (Wildman–Crippen LogP) is 4.93. The van der Waals surface area contributed by atoms with E-state index >= 15 is 0 Å². The van der Waals surface area contributed by atoms with Gasteiger partial charge in [-0.15, -0.1) is 0 Å². The SMILES string of the molecule is CCOC(=O)c1ccc2c(c1)nc(SCc1cccc(C(=O)OC)c1)n2Cc1ccco1. The van der Waals surface area contributed by atoms with Gasteiger partial charge in [0.25, 0.3) is 0 Å². The van der Waals surface area contributed by atoms with E-state index in [0.717, 1.165) is 22.0 Å². The molecule has 0 bridgehead atoms. The van der Waals surface area contributed by atoms with E-state index in [1.165, 1.54) is 7.11 Å². The summed E-state index contributed by atoms with van der Waals surface area (Å²) in [5.41, 5.74) is 3.54. The smallest absolute Gasteiger partial charge is 0.338 e. The molecule has 8 heteroatoms. The molecule has 164 valence electrons. The average Bonchev–Trinajstić information content (AvgIpc) is 3.45. The van der Waals surface area contributed by atoms with Crippen molar-refractivity contribution in [3.63, 3.8) is 0 Å². The monoisotopic (exact) mass is 450 g/mol. The lowest BCUT2D eigenvalue weighted by Gasteiger charge is -2.08. The number of rotatable bonds is 8. The topological polar surface area (TPSA) is 83.6 Å². The molecule has 0 unspecified atom stereocenters. The second kappa shape index (κ2) is 9.74. The zero-order valence-corrected chi connectivity index (χ0v) is 18.6. The summed E-state index contributed by atoms with van der Waals surface area (Å²) in [5.74, 6) is 0.669. The lowest BCUT2D eigenvalue weighted by atomic mass is 10.1. The summed E-state index contributed by atoms with van der Waals surface area (Å²) in [4.78, 5) is 28.7. The Bertz CT molecular complexity index is 1250. The van der Waals surface area contributed by atoms with Crippen LogP contribution in [0.15, 0.2) is 70.4 Å². The first-order valence-electron chi connectivity index (χ1n) is 10.1. The van der Waals surface area contributed by atoms with E-state index < -0.39 is 0 Å². The standard InChI is InChI=1S/C24H22N2O5S/c1-3-30-23(28)18-9-10-21-20(13-18)25-24(26(21)14-19-8-5-11-31-19)32-15-16-6-4-7-17(12-16)22(27)29-2/h4-13H,3,14-15H2,1-2H3. The Hall–Kier alpha value is -3.52. The molecule has 0 spiro atoms. The molecule has 0 saturated heterocycles. The number of methoxy groups -OCH3 is 1. The number of furan rings is 1. The van der Waals surface area contributed by atoms with Crippen molar-refractivity contribution in [3.8, 4) is 0 Å². The molecule has 7 nitrogen and oxygen atoms in total. The molecule has 0 radical (unpaired) electrons. The number of hydrogen-bond acceptors (Lipinski definition) is 7. The van der Waals surface area contributed by atoms with Crippen molar-refractivity contribution in [3.05, 3.63) is 83.3 Å². The Kier molecular flexibility index (Phi) is 6.61. The highest BCUT2D eigenvalue weighted by atomic mass is 32.2. The summed E-state index contributed by atoms with van der Waals surface area (Å²) in [6, 6.07) is 16.4. The van der Waals surface area contributed by atoms with Crippen LogP contribution in [0, 0.1) is 0 Å². The van der Waals surface area contributed by atoms with Gasteiger partial charge >= 0.3 is 11.9 Å². The van der Waals surface area contributed by atoms with Crippen LogP contribution in [0.3, 0.4) is 0 Å². The van der Waals surface area contributed by atoms with Crippen LogP contribution in [0.5, 0.6) is 0 Å². The molecular formula is C24H22N2O5S. The molecule has 0 aliphatic rings. The van der Waals surface area contributed by atoms with Crippen LogP contribution in [0.25, 0.3) is 11.0 Å². The van der Waals surface area contributed by atoms with Crippen molar-refractivity contribution in [2.24, 2.45) is 0 Å². The van der Waals surface area contributed by atoms with Gasteiger partial charge in [0.15, 0.2) is 5.16 Å². The van der Waals surface area contributed by atoms with Crippen molar-refractivity contribution < 1.29 is 23.5 Å².